The fraction of sp³-hybridized carbons (Fsp3) is 0.500. The third-order valence-electron chi connectivity index (χ3n) is 5.19. The van der Waals surface area contributed by atoms with Gasteiger partial charge in [-0.15, -0.1) is 0 Å². The standard InChI is InChI=1S/C20H24ClF3N4O/c1-14-3-5-16(6-4-14)13-26-9-11-27(12-10-26)17(29)7-8-28-15(2)18(21)19(25-28)20(22,23)24/h3-6H,7-13H2,1-2H3. The summed E-state index contributed by atoms with van der Waals surface area (Å²) in [6.45, 7) is 7.19. The van der Waals surface area contributed by atoms with E-state index in [9.17, 15) is 18.0 Å². The Morgan fingerprint density at radius 3 is 2.28 bits per heavy atom. The number of nitrogens with zero attached hydrogens (tertiary/aromatic N) is 4. The highest BCUT2D eigenvalue weighted by atomic mass is 35.5. The molecule has 3 rings (SSSR count). The largest absolute Gasteiger partial charge is 0.436 e. The summed E-state index contributed by atoms with van der Waals surface area (Å²) in [5.74, 6) is -0.0837. The molecule has 1 aromatic carbocycles. The van der Waals surface area contributed by atoms with E-state index < -0.39 is 16.9 Å². The highest BCUT2D eigenvalue weighted by molar-refractivity contribution is 6.31. The van der Waals surface area contributed by atoms with E-state index in [1.165, 1.54) is 18.1 Å². The van der Waals surface area contributed by atoms with Crippen molar-refractivity contribution in [1.29, 1.82) is 0 Å². The van der Waals surface area contributed by atoms with E-state index in [1.54, 1.807) is 4.90 Å². The molecule has 9 heteroatoms. The number of carbonyl (C=O) groups is 1. The van der Waals surface area contributed by atoms with Gasteiger partial charge in [0.1, 0.15) is 0 Å². The van der Waals surface area contributed by atoms with Gasteiger partial charge in [-0.3, -0.25) is 14.4 Å². The lowest BCUT2D eigenvalue weighted by molar-refractivity contribution is -0.141. The van der Waals surface area contributed by atoms with Gasteiger partial charge in [0, 0.05) is 39.1 Å². The minimum atomic E-state index is -4.61. The molecule has 0 saturated carbocycles. The summed E-state index contributed by atoms with van der Waals surface area (Å²) in [6.07, 6.45) is -4.51. The van der Waals surface area contributed by atoms with E-state index in [0.29, 0.717) is 13.1 Å². The maximum absolute atomic E-state index is 12.9. The number of halogens is 4. The number of carbonyl (C=O) groups excluding carboxylic acids is 1. The van der Waals surface area contributed by atoms with Crippen molar-refractivity contribution in [3.05, 3.63) is 51.8 Å². The highest BCUT2D eigenvalue weighted by Crippen LogP contribution is 2.35. The SMILES string of the molecule is Cc1ccc(CN2CCN(C(=O)CCn3nc(C(F)(F)F)c(Cl)c3C)CC2)cc1. The average molecular weight is 429 g/mol. The lowest BCUT2D eigenvalue weighted by Crippen LogP contribution is -2.48. The second-order valence-corrected chi connectivity index (χ2v) is 7.74. The first-order chi connectivity index (χ1) is 13.6. The van der Waals surface area contributed by atoms with E-state index in [2.05, 4.69) is 41.2 Å². The number of hydrogen-bond donors (Lipinski definition) is 0. The lowest BCUT2D eigenvalue weighted by Gasteiger charge is -2.34. The van der Waals surface area contributed by atoms with Crippen LogP contribution >= 0.6 is 11.6 Å². The van der Waals surface area contributed by atoms with Crippen LogP contribution in [0.4, 0.5) is 13.2 Å². The molecule has 1 fully saturated rings. The Morgan fingerprint density at radius 1 is 1.10 bits per heavy atom. The lowest BCUT2D eigenvalue weighted by atomic mass is 10.1. The summed E-state index contributed by atoms with van der Waals surface area (Å²) in [5, 5.41) is 3.14. The fourth-order valence-corrected chi connectivity index (χ4v) is 3.63. The first-order valence-corrected chi connectivity index (χ1v) is 9.88. The van der Waals surface area contributed by atoms with Crippen molar-refractivity contribution in [3.8, 4) is 0 Å². The molecule has 0 aliphatic carbocycles. The van der Waals surface area contributed by atoms with Crippen LogP contribution in [0.5, 0.6) is 0 Å². The van der Waals surface area contributed by atoms with E-state index in [4.69, 9.17) is 11.6 Å². The van der Waals surface area contributed by atoms with Crippen molar-refractivity contribution in [3.63, 3.8) is 0 Å². The van der Waals surface area contributed by atoms with Gasteiger partial charge in [0.2, 0.25) is 5.91 Å². The maximum Gasteiger partial charge on any atom is 0.436 e. The summed E-state index contributed by atoms with van der Waals surface area (Å²) < 4.78 is 39.9. The van der Waals surface area contributed by atoms with Crippen molar-refractivity contribution in [2.24, 2.45) is 0 Å². The fourth-order valence-electron chi connectivity index (χ4n) is 3.39. The maximum atomic E-state index is 12.9. The molecule has 0 atom stereocenters. The predicted octanol–water partition coefficient (Wildman–Crippen LogP) is 3.91. The Labute approximate surface area is 173 Å². The molecule has 0 bridgehead atoms. The molecule has 0 radical (unpaired) electrons. The monoisotopic (exact) mass is 428 g/mol. The molecule has 158 valence electrons. The zero-order chi connectivity index (χ0) is 21.2. The predicted molar refractivity (Wildman–Crippen MR) is 105 cm³/mol. The van der Waals surface area contributed by atoms with E-state index >= 15 is 0 Å². The zero-order valence-corrected chi connectivity index (χ0v) is 17.2. The molecule has 0 unspecified atom stereocenters. The van der Waals surface area contributed by atoms with Crippen LogP contribution in [0.2, 0.25) is 5.02 Å². The quantitative estimate of drug-likeness (QED) is 0.725. The van der Waals surface area contributed by atoms with Crippen LogP contribution in [0.1, 0.15) is 28.9 Å². The molecule has 2 aromatic rings. The normalized spacial score (nSPS) is 15.7. The number of rotatable bonds is 5. The Balaban J connectivity index is 1.49. The van der Waals surface area contributed by atoms with Crippen LogP contribution in [-0.2, 0) is 24.1 Å². The van der Waals surface area contributed by atoms with Gasteiger partial charge in [0.15, 0.2) is 5.69 Å². The Kier molecular flexibility index (Phi) is 6.53. The first-order valence-electron chi connectivity index (χ1n) is 9.51. The molecule has 29 heavy (non-hydrogen) atoms. The van der Waals surface area contributed by atoms with E-state index in [-0.39, 0.29) is 24.6 Å². The van der Waals surface area contributed by atoms with Crippen molar-refractivity contribution in [2.45, 2.75) is 39.5 Å². The number of aromatic nitrogens is 2. The van der Waals surface area contributed by atoms with Gasteiger partial charge < -0.3 is 4.90 Å². The summed E-state index contributed by atoms with van der Waals surface area (Å²) in [7, 11) is 0. The van der Waals surface area contributed by atoms with E-state index in [1.807, 2.05) is 0 Å². The molecule has 0 N–H and O–H groups in total. The van der Waals surface area contributed by atoms with Gasteiger partial charge in [0.25, 0.3) is 0 Å². The number of alkyl halides is 3. The number of aryl methyl sites for hydroxylation is 2. The third kappa shape index (κ3) is 5.30. The first kappa shape index (κ1) is 21.6. The second kappa shape index (κ2) is 8.75. The number of benzene rings is 1. The van der Waals surface area contributed by atoms with Crippen LogP contribution in [0, 0.1) is 13.8 Å². The van der Waals surface area contributed by atoms with Crippen molar-refractivity contribution < 1.29 is 18.0 Å². The Bertz CT molecular complexity index is 856. The molecule has 1 aliphatic rings. The van der Waals surface area contributed by atoms with Crippen molar-refractivity contribution in [1.82, 2.24) is 19.6 Å². The number of hydrogen-bond acceptors (Lipinski definition) is 3. The summed E-state index contributed by atoms with van der Waals surface area (Å²) in [6, 6.07) is 8.39. The Morgan fingerprint density at radius 2 is 1.72 bits per heavy atom. The summed E-state index contributed by atoms with van der Waals surface area (Å²) in [5.41, 5.74) is 1.57. The molecule has 1 aliphatic heterocycles. The van der Waals surface area contributed by atoms with Gasteiger partial charge in [-0.1, -0.05) is 41.4 Å². The topological polar surface area (TPSA) is 41.4 Å². The van der Waals surface area contributed by atoms with Crippen LogP contribution in [-0.4, -0.2) is 51.7 Å². The zero-order valence-electron chi connectivity index (χ0n) is 16.5. The van der Waals surface area contributed by atoms with Crippen LogP contribution in [0.3, 0.4) is 0 Å². The molecular weight excluding hydrogens is 405 g/mol. The second-order valence-electron chi connectivity index (χ2n) is 7.36. The van der Waals surface area contributed by atoms with E-state index in [0.717, 1.165) is 24.3 Å². The molecule has 0 spiro atoms. The van der Waals surface area contributed by atoms with Gasteiger partial charge in [-0.25, -0.2) is 0 Å². The molecule has 2 heterocycles. The van der Waals surface area contributed by atoms with Gasteiger partial charge in [-0.05, 0) is 19.4 Å². The summed E-state index contributed by atoms with van der Waals surface area (Å²) >= 11 is 5.75. The van der Waals surface area contributed by atoms with Gasteiger partial charge in [-0.2, -0.15) is 18.3 Å². The van der Waals surface area contributed by atoms with Crippen LogP contribution < -0.4 is 0 Å². The van der Waals surface area contributed by atoms with Gasteiger partial charge >= 0.3 is 6.18 Å². The van der Waals surface area contributed by atoms with Crippen molar-refractivity contribution >= 4 is 17.5 Å². The molecular formula is C20H24ClF3N4O. The highest BCUT2D eigenvalue weighted by Gasteiger charge is 2.38. The smallest absolute Gasteiger partial charge is 0.340 e. The number of piperazine rings is 1. The summed E-state index contributed by atoms with van der Waals surface area (Å²) in [4.78, 5) is 16.5. The van der Waals surface area contributed by atoms with Crippen LogP contribution in [0.25, 0.3) is 0 Å². The minimum absolute atomic E-state index is 0.0735. The molecule has 1 saturated heterocycles. The van der Waals surface area contributed by atoms with Crippen LogP contribution in [0.15, 0.2) is 24.3 Å². The molecule has 1 amide bonds. The Hall–Kier alpha value is -2.06. The van der Waals surface area contributed by atoms with Gasteiger partial charge in [0.05, 0.1) is 17.3 Å². The minimum Gasteiger partial charge on any atom is -0.340 e. The molecule has 5 nitrogen and oxygen atoms in total. The average Bonchev–Trinajstić information content (AvgIpc) is 2.97. The molecule has 1 aromatic heterocycles. The van der Waals surface area contributed by atoms with Crippen molar-refractivity contribution in [2.75, 3.05) is 26.2 Å². The third-order valence-corrected chi connectivity index (χ3v) is 5.64. The number of amides is 1.